The number of nitrogens with two attached hydrogens (primary N) is 1. The quantitative estimate of drug-likeness (QED) is 0.331. The summed E-state index contributed by atoms with van der Waals surface area (Å²) in [5, 5.41) is 4.46. The summed E-state index contributed by atoms with van der Waals surface area (Å²) in [6.45, 7) is 2.50. The average Bonchev–Trinajstić information content (AvgIpc) is 3.00. The zero-order valence-electron chi connectivity index (χ0n) is 19.0. The average molecular weight is 508 g/mol. The zero-order valence-corrected chi connectivity index (χ0v) is 20.6. The van der Waals surface area contributed by atoms with E-state index in [2.05, 4.69) is 22.0 Å². The van der Waals surface area contributed by atoms with Crippen LogP contribution in [0.3, 0.4) is 0 Å². The Bertz CT molecular complexity index is 1060. The molecule has 1 unspecified atom stereocenters. The number of para-hydroxylation sites is 1. The maximum atomic E-state index is 12.2. The van der Waals surface area contributed by atoms with Crippen molar-refractivity contribution in [1.29, 1.82) is 0 Å². The number of rotatable bonds is 5. The van der Waals surface area contributed by atoms with E-state index in [1.165, 1.54) is 0 Å². The molecule has 1 aliphatic rings. The lowest BCUT2D eigenvalue weighted by Crippen LogP contribution is -2.36. The summed E-state index contributed by atoms with van der Waals surface area (Å²) in [4.78, 5) is 12.2. The smallest absolute Gasteiger partial charge is 0.323 e. The summed E-state index contributed by atoms with van der Waals surface area (Å²) in [7, 11) is -5.33. The molecular formula is C20H33N3O8S2. The van der Waals surface area contributed by atoms with E-state index < -0.39 is 26.3 Å². The molecule has 1 fully saturated rings. The SMILES string of the molecule is CS(=O)(=O)O.CS(=O)(=O)O.Cn1cc(CC(N)C(=O)OCC2CCNCC2)c2ccccc21. The third-order valence-electron chi connectivity index (χ3n) is 4.64. The van der Waals surface area contributed by atoms with Crippen LogP contribution in [0.1, 0.15) is 18.4 Å². The number of hydrogen-bond acceptors (Lipinski definition) is 8. The van der Waals surface area contributed by atoms with Crippen molar-refractivity contribution >= 4 is 37.1 Å². The second-order valence-corrected chi connectivity index (χ2v) is 10.8. The van der Waals surface area contributed by atoms with Gasteiger partial charge in [0.2, 0.25) is 0 Å². The number of nitrogens with one attached hydrogen (secondary N) is 1. The normalized spacial score (nSPS) is 15.6. The highest BCUT2D eigenvalue weighted by molar-refractivity contribution is 7.85. The highest BCUT2D eigenvalue weighted by Gasteiger charge is 2.21. The predicted molar refractivity (Wildman–Crippen MR) is 126 cm³/mol. The van der Waals surface area contributed by atoms with Crippen molar-refractivity contribution in [2.75, 3.05) is 32.2 Å². The number of hydrogen-bond donors (Lipinski definition) is 4. The Kier molecular flexibility index (Phi) is 11.4. The molecule has 1 aromatic carbocycles. The molecule has 1 aromatic heterocycles. The number of aromatic nitrogens is 1. The lowest BCUT2D eigenvalue weighted by molar-refractivity contribution is -0.146. The van der Waals surface area contributed by atoms with Gasteiger partial charge in [0, 0.05) is 30.6 Å². The first-order chi connectivity index (χ1) is 15.1. The van der Waals surface area contributed by atoms with Gasteiger partial charge in [-0.2, -0.15) is 16.8 Å². The minimum absolute atomic E-state index is 0.295. The van der Waals surface area contributed by atoms with Crippen LogP contribution >= 0.6 is 0 Å². The van der Waals surface area contributed by atoms with Gasteiger partial charge < -0.3 is 20.4 Å². The van der Waals surface area contributed by atoms with Crippen LogP contribution in [0, 0.1) is 5.92 Å². The molecule has 11 nitrogen and oxygen atoms in total. The molecule has 2 aromatic rings. The summed E-state index contributed by atoms with van der Waals surface area (Å²) < 4.78 is 59.2. The molecule has 0 aliphatic carbocycles. The van der Waals surface area contributed by atoms with E-state index in [4.69, 9.17) is 19.6 Å². The van der Waals surface area contributed by atoms with Crippen LogP contribution in [0.15, 0.2) is 30.5 Å². The van der Waals surface area contributed by atoms with E-state index in [1.807, 2.05) is 25.4 Å². The third-order valence-corrected chi connectivity index (χ3v) is 4.64. The summed E-state index contributed by atoms with van der Waals surface area (Å²) in [5.41, 5.74) is 8.31. The Labute approximate surface area is 194 Å². The van der Waals surface area contributed by atoms with Gasteiger partial charge in [0.25, 0.3) is 20.2 Å². The minimum atomic E-state index is -3.67. The fourth-order valence-electron chi connectivity index (χ4n) is 3.26. The molecule has 3 rings (SSSR count). The van der Waals surface area contributed by atoms with E-state index in [9.17, 15) is 21.6 Å². The van der Waals surface area contributed by atoms with Gasteiger partial charge in [-0.15, -0.1) is 0 Å². The number of carbonyl (C=O) groups excluding carboxylic acids is 1. The van der Waals surface area contributed by atoms with Crippen LogP contribution in [-0.4, -0.2) is 74.7 Å². The van der Waals surface area contributed by atoms with Gasteiger partial charge in [-0.1, -0.05) is 18.2 Å². The number of nitrogens with zero attached hydrogens (tertiary/aromatic N) is 1. The number of esters is 1. The van der Waals surface area contributed by atoms with Gasteiger partial charge in [-0.25, -0.2) is 0 Å². The predicted octanol–water partition coefficient (Wildman–Crippen LogP) is 0.599. The van der Waals surface area contributed by atoms with E-state index in [1.54, 1.807) is 0 Å². The largest absolute Gasteiger partial charge is 0.464 e. The van der Waals surface area contributed by atoms with Crippen molar-refractivity contribution in [2.24, 2.45) is 18.7 Å². The van der Waals surface area contributed by atoms with Crippen LogP contribution in [0.25, 0.3) is 10.9 Å². The molecule has 13 heteroatoms. The molecule has 0 radical (unpaired) electrons. The molecule has 0 saturated carbocycles. The Morgan fingerprint density at radius 2 is 1.67 bits per heavy atom. The van der Waals surface area contributed by atoms with Gasteiger partial charge in [-0.05, 0) is 43.5 Å². The van der Waals surface area contributed by atoms with E-state index >= 15 is 0 Å². The third kappa shape index (κ3) is 13.3. The molecule has 1 saturated heterocycles. The summed E-state index contributed by atoms with van der Waals surface area (Å²) >= 11 is 0. The highest BCUT2D eigenvalue weighted by Crippen LogP contribution is 2.21. The molecule has 33 heavy (non-hydrogen) atoms. The van der Waals surface area contributed by atoms with Crippen molar-refractivity contribution in [3.8, 4) is 0 Å². The van der Waals surface area contributed by atoms with Gasteiger partial charge >= 0.3 is 5.97 Å². The van der Waals surface area contributed by atoms with Crippen LogP contribution < -0.4 is 11.1 Å². The Balaban J connectivity index is 0.000000460. The van der Waals surface area contributed by atoms with Crippen molar-refractivity contribution in [2.45, 2.75) is 25.3 Å². The molecule has 188 valence electrons. The monoisotopic (exact) mass is 507 g/mol. The Hall–Kier alpha value is -2.03. The van der Waals surface area contributed by atoms with Crippen LogP contribution in [0.4, 0.5) is 0 Å². The van der Waals surface area contributed by atoms with Crippen molar-refractivity contribution in [3.63, 3.8) is 0 Å². The van der Waals surface area contributed by atoms with E-state index in [-0.39, 0.29) is 5.97 Å². The molecule has 0 spiro atoms. The van der Waals surface area contributed by atoms with Crippen molar-refractivity contribution in [1.82, 2.24) is 9.88 Å². The summed E-state index contributed by atoms with van der Waals surface area (Å²) in [6.07, 6.45) is 6.11. The molecular weight excluding hydrogens is 474 g/mol. The summed E-state index contributed by atoms with van der Waals surface area (Å²) in [6, 6.07) is 7.55. The second kappa shape index (κ2) is 13.0. The standard InChI is InChI=1S/C18H25N3O2.2CH4O3S/c1-21-11-14(15-4-2-3-5-17(15)21)10-16(19)18(22)23-12-13-6-8-20-9-7-13;2*1-5(2,3)4/h2-5,11,13,16,20H,6-10,12,19H2,1H3;2*1H3,(H,2,3,4). The fourth-order valence-corrected chi connectivity index (χ4v) is 3.26. The Morgan fingerprint density at radius 1 is 1.15 bits per heavy atom. The zero-order chi connectivity index (χ0) is 25.2. The maximum Gasteiger partial charge on any atom is 0.323 e. The van der Waals surface area contributed by atoms with Gasteiger partial charge in [0.05, 0.1) is 19.1 Å². The maximum absolute atomic E-state index is 12.2. The number of aryl methyl sites for hydroxylation is 1. The topological polar surface area (TPSA) is 178 Å². The van der Waals surface area contributed by atoms with Crippen molar-refractivity contribution < 1.29 is 35.5 Å². The van der Waals surface area contributed by atoms with E-state index in [0.717, 1.165) is 42.4 Å². The first-order valence-corrected chi connectivity index (χ1v) is 13.9. The van der Waals surface area contributed by atoms with E-state index in [0.29, 0.717) is 31.5 Å². The van der Waals surface area contributed by atoms with Gasteiger partial charge in [0.1, 0.15) is 6.04 Å². The first-order valence-electron chi connectivity index (χ1n) is 10.2. The highest BCUT2D eigenvalue weighted by atomic mass is 32.2. The van der Waals surface area contributed by atoms with Gasteiger partial charge in [-0.3, -0.25) is 13.9 Å². The number of carbonyl (C=O) groups is 1. The number of benzene rings is 1. The molecule has 5 N–H and O–H groups in total. The molecule has 0 bridgehead atoms. The molecule has 0 amide bonds. The van der Waals surface area contributed by atoms with Crippen LogP contribution in [0.2, 0.25) is 0 Å². The number of piperidine rings is 1. The second-order valence-electron chi connectivity index (χ2n) is 7.88. The lowest BCUT2D eigenvalue weighted by atomic mass is 9.99. The van der Waals surface area contributed by atoms with Crippen molar-refractivity contribution in [3.05, 3.63) is 36.0 Å². The fraction of sp³-hybridized carbons (Fsp3) is 0.550. The number of ether oxygens (including phenoxy) is 1. The lowest BCUT2D eigenvalue weighted by Gasteiger charge is -2.22. The molecule has 1 aliphatic heterocycles. The summed E-state index contributed by atoms with van der Waals surface area (Å²) in [5.74, 6) is 0.168. The van der Waals surface area contributed by atoms with Crippen LogP contribution in [0.5, 0.6) is 0 Å². The Morgan fingerprint density at radius 3 is 2.21 bits per heavy atom. The molecule has 2 heterocycles. The molecule has 1 atom stereocenters. The number of fused-ring (bicyclic) bond motifs is 1. The minimum Gasteiger partial charge on any atom is -0.464 e. The van der Waals surface area contributed by atoms with Crippen LogP contribution in [-0.2, 0) is 43.2 Å². The first kappa shape index (κ1) is 29.0. The van der Waals surface area contributed by atoms with Gasteiger partial charge in [0.15, 0.2) is 0 Å².